The lowest BCUT2D eigenvalue weighted by atomic mass is 10.1. The Hall–Kier alpha value is -1.65. The van der Waals surface area contributed by atoms with Crippen molar-refractivity contribution >= 4 is 17.7 Å². The van der Waals surface area contributed by atoms with Crippen LogP contribution in [0.4, 0.5) is 0 Å². The molecule has 0 fully saturated rings. The number of carbonyl (C=O) groups is 3. The second-order valence-corrected chi connectivity index (χ2v) is 6.37. The minimum atomic E-state index is -0.806. The Balaban J connectivity index is 3.53. The minimum absolute atomic E-state index is 0.245. The van der Waals surface area contributed by atoms with Crippen LogP contribution in [0.5, 0.6) is 0 Å². The minimum Gasteiger partial charge on any atom is -0.463 e. The van der Waals surface area contributed by atoms with Crippen LogP contribution in [0, 0.1) is 0 Å². The third-order valence-corrected chi connectivity index (χ3v) is 3.96. The van der Waals surface area contributed by atoms with Gasteiger partial charge in [0.2, 0.25) is 0 Å². The molecule has 0 aromatic carbocycles. The summed E-state index contributed by atoms with van der Waals surface area (Å²) in [6, 6.07) is 0. The summed E-state index contributed by atoms with van der Waals surface area (Å²) in [5.74, 6) is -1.53. The molecule has 0 amide bonds. The molecule has 0 aromatic heterocycles. The van der Waals surface area contributed by atoms with E-state index in [2.05, 4.69) is 6.92 Å². The normalized spacial score (nSPS) is 12.1. The van der Waals surface area contributed by atoms with Crippen LogP contribution in [0.2, 0.25) is 0 Å². The molecule has 25 heavy (non-hydrogen) atoms. The van der Waals surface area contributed by atoms with Crippen molar-refractivity contribution in [2.75, 3.05) is 6.61 Å². The highest BCUT2D eigenvalue weighted by molar-refractivity contribution is 5.93. The Morgan fingerprint density at radius 3 is 1.80 bits per heavy atom. The highest BCUT2D eigenvalue weighted by Gasteiger charge is 2.11. The first kappa shape index (κ1) is 23.4. The monoisotopic (exact) mass is 354 g/mol. The van der Waals surface area contributed by atoms with E-state index in [9.17, 15) is 14.4 Å². The van der Waals surface area contributed by atoms with Gasteiger partial charge in [0, 0.05) is 12.2 Å². The van der Waals surface area contributed by atoms with Gasteiger partial charge < -0.3 is 9.47 Å². The molecule has 0 spiro atoms. The number of hydrogen-bond acceptors (Lipinski definition) is 5. The Morgan fingerprint density at radius 2 is 1.28 bits per heavy atom. The Bertz CT molecular complexity index is 414. The van der Waals surface area contributed by atoms with Gasteiger partial charge in [0.05, 0.1) is 6.61 Å². The summed E-state index contributed by atoms with van der Waals surface area (Å²) in [6.07, 6.45) is 13.4. The van der Waals surface area contributed by atoms with Crippen LogP contribution in [0.3, 0.4) is 0 Å². The second kappa shape index (κ2) is 15.9. The van der Waals surface area contributed by atoms with E-state index in [1.54, 1.807) is 0 Å². The van der Waals surface area contributed by atoms with E-state index in [1.807, 2.05) is 0 Å². The van der Waals surface area contributed by atoms with Crippen LogP contribution in [0.1, 0.15) is 85.0 Å². The smallest absolute Gasteiger partial charge is 0.331 e. The topological polar surface area (TPSA) is 69.7 Å². The van der Waals surface area contributed by atoms with Gasteiger partial charge in [-0.1, -0.05) is 64.7 Å². The van der Waals surface area contributed by atoms with Crippen molar-refractivity contribution < 1.29 is 23.9 Å². The fourth-order valence-corrected chi connectivity index (χ4v) is 2.24. The highest BCUT2D eigenvalue weighted by Crippen LogP contribution is 2.10. The standard InChI is InChI=1S/C20H34O5/c1-4-5-6-7-8-9-10-11-12-13-16-24-19(22)14-15-20(23)25-18(3)17(2)21/h14-15,18H,4-13,16H2,1-3H3/b15-14+. The molecule has 0 bridgehead atoms. The van der Waals surface area contributed by atoms with Gasteiger partial charge in [0.15, 0.2) is 11.9 Å². The maximum atomic E-state index is 11.4. The molecular weight excluding hydrogens is 320 g/mol. The van der Waals surface area contributed by atoms with E-state index >= 15 is 0 Å². The van der Waals surface area contributed by atoms with Gasteiger partial charge in [0.25, 0.3) is 0 Å². The fraction of sp³-hybridized carbons (Fsp3) is 0.750. The molecule has 0 aliphatic heterocycles. The summed E-state index contributed by atoms with van der Waals surface area (Å²) in [5.41, 5.74) is 0. The molecule has 0 saturated heterocycles. The highest BCUT2D eigenvalue weighted by atomic mass is 16.5. The summed E-state index contributed by atoms with van der Waals surface area (Å²) in [5, 5.41) is 0. The number of ketones is 1. The maximum Gasteiger partial charge on any atom is 0.331 e. The van der Waals surface area contributed by atoms with Gasteiger partial charge in [-0.15, -0.1) is 0 Å². The zero-order chi connectivity index (χ0) is 18.9. The molecule has 0 saturated carbocycles. The van der Waals surface area contributed by atoms with Crippen LogP contribution < -0.4 is 0 Å². The third kappa shape index (κ3) is 15.6. The van der Waals surface area contributed by atoms with Crippen molar-refractivity contribution in [1.82, 2.24) is 0 Å². The maximum absolute atomic E-state index is 11.4. The van der Waals surface area contributed by atoms with E-state index in [0.29, 0.717) is 6.61 Å². The number of ether oxygens (including phenoxy) is 2. The lowest BCUT2D eigenvalue weighted by molar-refractivity contribution is -0.148. The van der Waals surface area contributed by atoms with E-state index in [-0.39, 0.29) is 5.78 Å². The van der Waals surface area contributed by atoms with E-state index in [4.69, 9.17) is 9.47 Å². The third-order valence-electron chi connectivity index (χ3n) is 3.96. The van der Waals surface area contributed by atoms with Gasteiger partial charge in [-0.25, -0.2) is 9.59 Å². The number of esters is 2. The molecule has 0 aliphatic rings. The van der Waals surface area contributed by atoms with Crippen LogP contribution >= 0.6 is 0 Å². The first-order valence-corrected chi connectivity index (χ1v) is 9.53. The van der Waals surface area contributed by atoms with Crippen LogP contribution in [0.15, 0.2) is 12.2 Å². The Morgan fingerprint density at radius 1 is 0.800 bits per heavy atom. The Kier molecular flexibility index (Phi) is 14.8. The SMILES string of the molecule is CCCCCCCCCCCCOC(=O)/C=C/C(=O)OC(C)C(C)=O. The predicted molar refractivity (Wildman–Crippen MR) is 98.2 cm³/mol. The molecule has 5 heteroatoms. The molecule has 0 aliphatic carbocycles. The van der Waals surface area contributed by atoms with Crippen molar-refractivity contribution in [2.24, 2.45) is 0 Å². The number of unbranched alkanes of at least 4 members (excludes halogenated alkanes) is 9. The zero-order valence-electron chi connectivity index (χ0n) is 16.1. The van der Waals surface area contributed by atoms with Gasteiger partial charge >= 0.3 is 11.9 Å². The van der Waals surface area contributed by atoms with E-state index in [0.717, 1.165) is 31.4 Å². The predicted octanol–water partition coefficient (Wildman–Crippen LogP) is 4.53. The summed E-state index contributed by atoms with van der Waals surface area (Å²) in [4.78, 5) is 33.7. The molecule has 0 rings (SSSR count). The molecule has 144 valence electrons. The van der Waals surface area contributed by atoms with Crippen LogP contribution in [-0.2, 0) is 23.9 Å². The van der Waals surface area contributed by atoms with Gasteiger partial charge in [0.1, 0.15) is 0 Å². The zero-order valence-corrected chi connectivity index (χ0v) is 16.1. The fourth-order valence-electron chi connectivity index (χ4n) is 2.24. The van der Waals surface area contributed by atoms with Crippen molar-refractivity contribution in [3.05, 3.63) is 12.2 Å². The Labute approximate surface area is 152 Å². The molecule has 1 unspecified atom stereocenters. The first-order valence-electron chi connectivity index (χ1n) is 9.53. The van der Waals surface area contributed by atoms with Gasteiger partial charge in [-0.2, -0.15) is 0 Å². The van der Waals surface area contributed by atoms with Crippen molar-refractivity contribution in [3.63, 3.8) is 0 Å². The number of carbonyl (C=O) groups excluding carboxylic acids is 3. The summed E-state index contributed by atoms with van der Waals surface area (Å²) in [6.45, 7) is 5.40. The lowest BCUT2D eigenvalue weighted by Gasteiger charge is -2.07. The average molecular weight is 354 g/mol. The van der Waals surface area contributed by atoms with Crippen LogP contribution in [-0.4, -0.2) is 30.4 Å². The summed E-state index contributed by atoms with van der Waals surface area (Å²) < 4.78 is 9.81. The van der Waals surface area contributed by atoms with E-state index < -0.39 is 18.0 Å². The summed E-state index contributed by atoms with van der Waals surface area (Å²) in [7, 11) is 0. The van der Waals surface area contributed by atoms with Gasteiger partial charge in [-0.3, -0.25) is 4.79 Å². The second-order valence-electron chi connectivity index (χ2n) is 6.37. The molecule has 5 nitrogen and oxygen atoms in total. The molecular formula is C20H34O5. The van der Waals surface area contributed by atoms with Crippen LogP contribution in [0.25, 0.3) is 0 Å². The molecule has 0 radical (unpaired) electrons. The number of hydrogen-bond donors (Lipinski definition) is 0. The molecule has 0 heterocycles. The largest absolute Gasteiger partial charge is 0.463 e. The summed E-state index contributed by atoms with van der Waals surface area (Å²) >= 11 is 0. The average Bonchev–Trinajstić information content (AvgIpc) is 2.57. The number of rotatable bonds is 15. The van der Waals surface area contributed by atoms with Crippen molar-refractivity contribution in [3.8, 4) is 0 Å². The van der Waals surface area contributed by atoms with Gasteiger partial charge in [-0.05, 0) is 20.3 Å². The molecule has 0 aromatic rings. The van der Waals surface area contributed by atoms with E-state index in [1.165, 1.54) is 58.8 Å². The quantitative estimate of drug-likeness (QED) is 0.245. The van der Waals surface area contributed by atoms with Crippen molar-refractivity contribution in [1.29, 1.82) is 0 Å². The van der Waals surface area contributed by atoms with Crippen molar-refractivity contribution in [2.45, 2.75) is 91.1 Å². The first-order chi connectivity index (χ1) is 12.0. The molecule has 1 atom stereocenters. The molecule has 0 N–H and O–H groups in total. The lowest BCUT2D eigenvalue weighted by Crippen LogP contribution is -2.20. The number of Topliss-reactive ketones (excluding diaryl/α,β-unsaturated/α-hetero) is 1.